The molecule has 104 valence electrons. The van der Waals surface area contributed by atoms with Gasteiger partial charge in [-0.05, 0) is 32.0 Å². The Morgan fingerprint density at radius 3 is 2.84 bits per heavy atom. The highest BCUT2D eigenvalue weighted by Gasteiger charge is 2.35. The molecule has 0 aromatic heterocycles. The standard InChI is InChI=1S/C14H18F2N2O/c1-3-18-8-7-14(2,9-18)17-13(19)10-5-4-6-11(15)12(10)16/h4-6H,3,7-9H2,1-2H3,(H,17,19). The minimum absolute atomic E-state index is 0.240. The number of benzene rings is 1. The number of halogens is 2. The highest BCUT2D eigenvalue weighted by molar-refractivity contribution is 5.95. The fourth-order valence-electron chi connectivity index (χ4n) is 2.45. The highest BCUT2D eigenvalue weighted by atomic mass is 19.2. The van der Waals surface area contributed by atoms with Crippen LogP contribution in [0.2, 0.25) is 0 Å². The molecule has 1 N–H and O–H groups in total. The minimum Gasteiger partial charge on any atom is -0.345 e. The van der Waals surface area contributed by atoms with Crippen LogP contribution in [0.1, 0.15) is 30.6 Å². The van der Waals surface area contributed by atoms with Crippen molar-refractivity contribution in [3.8, 4) is 0 Å². The summed E-state index contributed by atoms with van der Waals surface area (Å²) in [6.45, 7) is 6.53. The number of carbonyl (C=O) groups is 1. The molecule has 1 fully saturated rings. The average molecular weight is 268 g/mol. The van der Waals surface area contributed by atoms with Crippen molar-refractivity contribution >= 4 is 5.91 Å². The van der Waals surface area contributed by atoms with Gasteiger partial charge in [0.25, 0.3) is 5.91 Å². The third-order valence-corrected chi connectivity index (χ3v) is 3.61. The van der Waals surface area contributed by atoms with Crippen LogP contribution in [0.5, 0.6) is 0 Å². The van der Waals surface area contributed by atoms with Gasteiger partial charge >= 0.3 is 0 Å². The zero-order valence-corrected chi connectivity index (χ0v) is 11.2. The Balaban J connectivity index is 2.11. The minimum atomic E-state index is -1.09. The van der Waals surface area contributed by atoms with Crippen LogP contribution in [0.15, 0.2) is 18.2 Å². The summed E-state index contributed by atoms with van der Waals surface area (Å²) in [4.78, 5) is 14.2. The first-order valence-corrected chi connectivity index (χ1v) is 6.44. The second kappa shape index (κ2) is 5.25. The zero-order valence-electron chi connectivity index (χ0n) is 11.2. The Bertz CT molecular complexity index is 492. The van der Waals surface area contributed by atoms with E-state index in [1.807, 2.05) is 6.92 Å². The number of carbonyl (C=O) groups excluding carboxylic acids is 1. The lowest BCUT2D eigenvalue weighted by atomic mass is 10.0. The second-order valence-electron chi connectivity index (χ2n) is 5.23. The molecule has 2 rings (SSSR count). The van der Waals surface area contributed by atoms with Gasteiger partial charge in [-0.1, -0.05) is 13.0 Å². The van der Waals surface area contributed by atoms with Crippen LogP contribution in [-0.4, -0.2) is 36.0 Å². The maximum Gasteiger partial charge on any atom is 0.254 e. The smallest absolute Gasteiger partial charge is 0.254 e. The highest BCUT2D eigenvalue weighted by Crippen LogP contribution is 2.21. The predicted molar refractivity (Wildman–Crippen MR) is 69.0 cm³/mol. The van der Waals surface area contributed by atoms with E-state index in [9.17, 15) is 13.6 Å². The molecule has 0 aliphatic carbocycles. The summed E-state index contributed by atoms with van der Waals surface area (Å²) in [5.41, 5.74) is -0.623. The molecule has 1 saturated heterocycles. The summed E-state index contributed by atoms with van der Waals surface area (Å²) in [6, 6.07) is 3.63. The Hall–Kier alpha value is -1.49. The van der Waals surface area contributed by atoms with E-state index < -0.39 is 17.5 Å². The molecule has 1 aromatic carbocycles. The van der Waals surface area contributed by atoms with Gasteiger partial charge in [-0.3, -0.25) is 4.79 Å². The molecular weight excluding hydrogens is 250 g/mol. The van der Waals surface area contributed by atoms with Crippen molar-refractivity contribution in [1.29, 1.82) is 0 Å². The molecule has 1 aliphatic rings. The largest absolute Gasteiger partial charge is 0.345 e. The molecule has 0 radical (unpaired) electrons. The van der Waals surface area contributed by atoms with Crippen LogP contribution in [0.3, 0.4) is 0 Å². The fourth-order valence-corrected chi connectivity index (χ4v) is 2.45. The quantitative estimate of drug-likeness (QED) is 0.911. The van der Waals surface area contributed by atoms with E-state index in [4.69, 9.17) is 0 Å². The first kappa shape index (κ1) is 13.9. The molecule has 0 bridgehead atoms. The lowest BCUT2D eigenvalue weighted by Gasteiger charge is -2.26. The number of hydrogen-bond donors (Lipinski definition) is 1. The molecule has 0 spiro atoms. The van der Waals surface area contributed by atoms with E-state index in [0.29, 0.717) is 0 Å². The molecule has 1 amide bonds. The van der Waals surface area contributed by atoms with Crippen molar-refractivity contribution in [3.05, 3.63) is 35.4 Å². The van der Waals surface area contributed by atoms with Gasteiger partial charge in [-0.2, -0.15) is 0 Å². The van der Waals surface area contributed by atoms with Crippen LogP contribution >= 0.6 is 0 Å². The predicted octanol–water partition coefficient (Wildman–Crippen LogP) is 2.18. The molecule has 1 aliphatic heterocycles. The summed E-state index contributed by atoms with van der Waals surface area (Å²) in [5.74, 6) is -2.65. The normalized spacial score (nSPS) is 23.6. The molecule has 0 saturated carbocycles. The number of likely N-dealkylation sites (tertiary alicyclic amines) is 1. The van der Waals surface area contributed by atoms with E-state index in [1.54, 1.807) is 0 Å². The molecule has 1 heterocycles. The van der Waals surface area contributed by atoms with Crippen LogP contribution in [0, 0.1) is 11.6 Å². The van der Waals surface area contributed by atoms with Crippen LogP contribution in [-0.2, 0) is 0 Å². The summed E-state index contributed by atoms with van der Waals surface area (Å²) in [5, 5.41) is 2.82. The SMILES string of the molecule is CCN1CCC(C)(NC(=O)c2cccc(F)c2F)C1. The third-order valence-electron chi connectivity index (χ3n) is 3.61. The molecule has 1 unspecified atom stereocenters. The van der Waals surface area contributed by atoms with Crippen molar-refractivity contribution in [2.75, 3.05) is 19.6 Å². The van der Waals surface area contributed by atoms with E-state index in [-0.39, 0.29) is 11.1 Å². The Morgan fingerprint density at radius 2 is 2.21 bits per heavy atom. The third kappa shape index (κ3) is 2.92. The number of amides is 1. The summed E-state index contributed by atoms with van der Waals surface area (Å²) >= 11 is 0. The van der Waals surface area contributed by atoms with Crippen LogP contribution in [0.25, 0.3) is 0 Å². The molecule has 1 aromatic rings. The Labute approximate surface area is 111 Å². The number of nitrogens with one attached hydrogen (secondary N) is 1. The maximum atomic E-state index is 13.5. The van der Waals surface area contributed by atoms with Gasteiger partial charge in [-0.15, -0.1) is 0 Å². The van der Waals surface area contributed by atoms with E-state index in [0.717, 1.165) is 32.1 Å². The van der Waals surface area contributed by atoms with Crippen molar-refractivity contribution in [2.24, 2.45) is 0 Å². The van der Waals surface area contributed by atoms with E-state index in [2.05, 4.69) is 17.1 Å². The summed E-state index contributed by atoms with van der Waals surface area (Å²) < 4.78 is 26.6. The maximum absolute atomic E-state index is 13.5. The van der Waals surface area contributed by atoms with Gasteiger partial charge in [0, 0.05) is 13.1 Å². The number of rotatable bonds is 3. The molecule has 5 heteroatoms. The monoisotopic (exact) mass is 268 g/mol. The Morgan fingerprint density at radius 1 is 1.47 bits per heavy atom. The van der Waals surface area contributed by atoms with Gasteiger partial charge in [-0.25, -0.2) is 8.78 Å². The molecule has 1 atom stereocenters. The van der Waals surface area contributed by atoms with Crippen LogP contribution in [0.4, 0.5) is 8.78 Å². The van der Waals surface area contributed by atoms with Crippen LogP contribution < -0.4 is 5.32 Å². The zero-order chi connectivity index (χ0) is 14.0. The lowest BCUT2D eigenvalue weighted by Crippen LogP contribution is -2.48. The molecular formula is C14H18F2N2O. The summed E-state index contributed by atoms with van der Waals surface area (Å²) in [6.07, 6.45) is 0.809. The fraction of sp³-hybridized carbons (Fsp3) is 0.500. The topological polar surface area (TPSA) is 32.3 Å². The van der Waals surface area contributed by atoms with Gasteiger partial charge in [0.15, 0.2) is 11.6 Å². The van der Waals surface area contributed by atoms with E-state index in [1.165, 1.54) is 12.1 Å². The summed E-state index contributed by atoms with van der Waals surface area (Å²) in [7, 11) is 0. The van der Waals surface area contributed by atoms with Crippen molar-refractivity contribution in [2.45, 2.75) is 25.8 Å². The Kier molecular flexibility index (Phi) is 3.85. The number of hydrogen-bond acceptors (Lipinski definition) is 2. The van der Waals surface area contributed by atoms with Crippen molar-refractivity contribution < 1.29 is 13.6 Å². The van der Waals surface area contributed by atoms with Crippen molar-refractivity contribution in [1.82, 2.24) is 10.2 Å². The first-order valence-electron chi connectivity index (χ1n) is 6.44. The van der Waals surface area contributed by atoms with Gasteiger partial charge in [0.2, 0.25) is 0 Å². The first-order chi connectivity index (χ1) is 8.95. The number of nitrogens with zero attached hydrogens (tertiary/aromatic N) is 1. The van der Waals surface area contributed by atoms with Gasteiger partial charge in [0.1, 0.15) is 0 Å². The lowest BCUT2D eigenvalue weighted by molar-refractivity contribution is 0.0903. The van der Waals surface area contributed by atoms with Gasteiger partial charge in [0.05, 0.1) is 11.1 Å². The molecule has 19 heavy (non-hydrogen) atoms. The average Bonchev–Trinajstić information content (AvgIpc) is 2.74. The second-order valence-corrected chi connectivity index (χ2v) is 5.23. The van der Waals surface area contributed by atoms with Crippen molar-refractivity contribution in [3.63, 3.8) is 0 Å². The van der Waals surface area contributed by atoms with E-state index >= 15 is 0 Å². The molecule has 3 nitrogen and oxygen atoms in total. The van der Waals surface area contributed by atoms with Gasteiger partial charge < -0.3 is 10.2 Å². The number of likely N-dealkylation sites (N-methyl/N-ethyl adjacent to an activating group) is 1.